The molecule has 3 atom stereocenters. The minimum Gasteiger partial charge on any atom is -0.376 e. The molecule has 4 heteroatoms. The lowest BCUT2D eigenvalue weighted by atomic mass is 9.77. The molecule has 1 aliphatic carbocycles. The Morgan fingerprint density at radius 3 is 2.52 bits per heavy atom. The Kier molecular flexibility index (Phi) is 3.84. The number of allylic oxidation sites excluding steroid dienone is 2. The van der Waals surface area contributed by atoms with E-state index in [0.717, 1.165) is 17.7 Å². The second-order valence-electron chi connectivity index (χ2n) is 6.33. The highest BCUT2D eigenvalue weighted by molar-refractivity contribution is 6.44. The number of benzene rings is 2. The van der Waals surface area contributed by atoms with Crippen LogP contribution in [0.2, 0.25) is 15.1 Å². The van der Waals surface area contributed by atoms with Crippen LogP contribution >= 0.6 is 34.8 Å². The summed E-state index contributed by atoms with van der Waals surface area (Å²) in [5.74, 6) is 0.679. The van der Waals surface area contributed by atoms with Gasteiger partial charge < -0.3 is 5.32 Å². The summed E-state index contributed by atoms with van der Waals surface area (Å²) < 4.78 is 0. The maximum atomic E-state index is 6.50. The first kappa shape index (κ1) is 15.4. The lowest BCUT2D eigenvalue weighted by molar-refractivity contribution is 0.425. The van der Waals surface area contributed by atoms with Crippen LogP contribution in [0.1, 0.15) is 35.1 Å². The van der Waals surface area contributed by atoms with E-state index in [1.54, 1.807) is 6.07 Å². The number of fused-ring (bicyclic) bond motifs is 3. The van der Waals surface area contributed by atoms with Crippen LogP contribution in [0.4, 0.5) is 5.69 Å². The molecule has 118 valence electrons. The number of aryl methyl sites for hydroxylation is 1. The van der Waals surface area contributed by atoms with Gasteiger partial charge in [-0.2, -0.15) is 0 Å². The van der Waals surface area contributed by atoms with Gasteiger partial charge in [-0.05, 0) is 30.9 Å². The second-order valence-corrected chi connectivity index (χ2v) is 7.52. The molecule has 2 aromatic carbocycles. The summed E-state index contributed by atoms with van der Waals surface area (Å²) in [6.45, 7) is 2.10. The molecule has 0 spiro atoms. The van der Waals surface area contributed by atoms with Gasteiger partial charge in [-0.25, -0.2) is 0 Å². The van der Waals surface area contributed by atoms with Crippen LogP contribution in [0.15, 0.2) is 42.5 Å². The third-order valence-electron chi connectivity index (χ3n) is 4.92. The Bertz CT molecular complexity index is 795. The topological polar surface area (TPSA) is 12.0 Å². The van der Waals surface area contributed by atoms with Gasteiger partial charge in [0.25, 0.3) is 0 Å². The summed E-state index contributed by atoms with van der Waals surface area (Å²) in [7, 11) is 0. The van der Waals surface area contributed by atoms with Crippen molar-refractivity contribution < 1.29 is 0 Å². The van der Waals surface area contributed by atoms with Crippen molar-refractivity contribution in [3.63, 3.8) is 0 Å². The molecule has 0 aromatic heterocycles. The number of hydrogen-bond acceptors (Lipinski definition) is 1. The highest BCUT2D eigenvalue weighted by atomic mass is 35.5. The van der Waals surface area contributed by atoms with Crippen LogP contribution in [0.25, 0.3) is 0 Å². The van der Waals surface area contributed by atoms with E-state index in [9.17, 15) is 0 Å². The first-order valence-corrected chi connectivity index (χ1v) is 8.87. The fraction of sp³-hybridized carbons (Fsp3) is 0.263. The summed E-state index contributed by atoms with van der Waals surface area (Å²) in [4.78, 5) is 0. The van der Waals surface area contributed by atoms with Crippen molar-refractivity contribution in [3.05, 3.63) is 74.2 Å². The van der Waals surface area contributed by atoms with E-state index in [-0.39, 0.29) is 12.0 Å². The average Bonchev–Trinajstić information content (AvgIpc) is 3.02. The van der Waals surface area contributed by atoms with Crippen LogP contribution in [-0.2, 0) is 0 Å². The minimum absolute atomic E-state index is 0.220. The van der Waals surface area contributed by atoms with Crippen LogP contribution in [0.3, 0.4) is 0 Å². The SMILES string of the molecule is Cc1ccc([C@@H]2Nc3c(Cl)cc(Cl)c(Cl)c3[C@@H]3C=CC[C@@H]32)cc1. The van der Waals surface area contributed by atoms with Gasteiger partial charge >= 0.3 is 0 Å². The zero-order valence-corrected chi connectivity index (χ0v) is 14.9. The number of nitrogens with one attached hydrogen (secondary N) is 1. The van der Waals surface area contributed by atoms with Crippen molar-refractivity contribution in [2.75, 3.05) is 5.32 Å². The van der Waals surface area contributed by atoms with E-state index in [1.165, 1.54) is 11.1 Å². The first-order chi connectivity index (χ1) is 11.1. The van der Waals surface area contributed by atoms with Gasteiger partial charge in [-0.3, -0.25) is 0 Å². The van der Waals surface area contributed by atoms with Gasteiger partial charge in [-0.15, -0.1) is 0 Å². The van der Waals surface area contributed by atoms with E-state index >= 15 is 0 Å². The van der Waals surface area contributed by atoms with Crippen LogP contribution in [-0.4, -0.2) is 0 Å². The van der Waals surface area contributed by atoms with Gasteiger partial charge in [0.15, 0.2) is 0 Å². The number of rotatable bonds is 1. The molecule has 1 heterocycles. The molecule has 0 saturated carbocycles. The summed E-state index contributed by atoms with van der Waals surface area (Å²) in [5, 5.41) is 5.39. The van der Waals surface area contributed by atoms with Crippen molar-refractivity contribution in [2.24, 2.45) is 5.92 Å². The summed E-state index contributed by atoms with van der Waals surface area (Å²) in [6.07, 6.45) is 5.50. The van der Waals surface area contributed by atoms with E-state index < -0.39 is 0 Å². The van der Waals surface area contributed by atoms with Crippen molar-refractivity contribution in [1.82, 2.24) is 0 Å². The van der Waals surface area contributed by atoms with Gasteiger partial charge in [-0.1, -0.05) is 76.8 Å². The molecular formula is C19H16Cl3N. The number of anilines is 1. The van der Waals surface area contributed by atoms with Crippen LogP contribution in [0, 0.1) is 12.8 Å². The molecule has 23 heavy (non-hydrogen) atoms. The van der Waals surface area contributed by atoms with E-state index in [1.807, 2.05) is 0 Å². The predicted octanol–water partition coefficient (Wildman–Crippen LogP) is 6.78. The highest BCUT2D eigenvalue weighted by Crippen LogP contribution is 2.54. The fourth-order valence-electron chi connectivity index (χ4n) is 3.77. The predicted molar refractivity (Wildman–Crippen MR) is 99.0 cm³/mol. The summed E-state index contributed by atoms with van der Waals surface area (Å²) >= 11 is 19.2. The van der Waals surface area contributed by atoms with E-state index in [2.05, 4.69) is 48.7 Å². The third-order valence-corrected chi connectivity index (χ3v) is 6.02. The zero-order chi connectivity index (χ0) is 16.1. The zero-order valence-electron chi connectivity index (χ0n) is 12.6. The Balaban J connectivity index is 1.86. The van der Waals surface area contributed by atoms with Crippen molar-refractivity contribution >= 4 is 40.5 Å². The molecule has 0 saturated heterocycles. The largest absolute Gasteiger partial charge is 0.376 e. The van der Waals surface area contributed by atoms with Gasteiger partial charge in [0, 0.05) is 11.5 Å². The smallest absolute Gasteiger partial charge is 0.0656 e. The maximum absolute atomic E-state index is 6.50. The molecule has 1 aliphatic heterocycles. The average molecular weight is 365 g/mol. The number of hydrogen-bond donors (Lipinski definition) is 1. The van der Waals surface area contributed by atoms with Gasteiger partial charge in [0.05, 0.1) is 26.8 Å². The maximum Gasteiger partial charge on any atom is 0.0656 e. The van der Waals surface area contributed by atoms with Crippen LogP contribution in [0.5, 0.6) is 0 Å². The van der Waals surface area contributed by atoms with Crippen molar-refractivity contribution in [1.29, 1.82) is 0 Å². The molecule has 1 N–H and O–H groups in total. The van der Waals surface area contributed by atoms with E-state index in [4.69, 9.17) is 34.8 Å². The molecule has 2 aromatic rings. The fourth-order valence-corrected chi connectivity index (χ4v) is 4.57. The van der Waals surface area contributed by atoms with Gasteiger partial charge in [0.1, 0.15) is 0 Å². The molecule has 2 aliphatic rings. The molecule has 0 fully saturated rings. The molecule has 0 amide bonds. The summed E-state index contributed by atoms with van der Waals surface area (Å²) in [5.41, 5.74) is 4.49. The Hall–Kier alpha value is -1.15. The number of halogens is 3. The Morgan fingerprint density at radius 1 is 1.04 bits per heavy atom. The monoisotopic (exact) mass is 363 g/mol. The second kappa shape index (κ2) is 5.73. The molecule has 1 nitrogen and oxygen atoms in total. The molecular weight excluding hydrogens is 349 g/mol. The standard InChI is InChI=1S/C19H16Cl3N/c1-10-5-7-11(8-6-10)18-13-4-2-3-12(13)16-17(22)14(20)9-15(21)19(16)23-18/h2-3,5-9,12-13,18,23H,4H2,1H3/t12-,13+,18+/m1/s1. The molecule has 4 rings (SSSR count). The molecule has 0 unspecified atom stereocenters. The lowest BCUT2D eigenvalue weighted by Crippen LogP contribution is -2.29. The minimum atomic E-state index is 0.220. The quantitative estimate of drug-likeness (QED) is 0.434. The van der Waals surface area contributed by atoms with E-state index in [0.29, 0.717) is 21.0 Å². The Morgan fingerprint density at radius 2 is 1.78 bits per heavy atom. The molecule has 0 bridgehead atoms. The van der Waals surface area contributed by atoms with Crippen LogP contribution < -0.4 is 5.32 Å². The van der Waals surface area contributed by atoms with Crippen molar-refractivity contribution in [2.45, 2.75) is 25.3 Å². The third kappa shape index (κ3) is 2.46. The molecule has 0 radical (unpaired) electrons. The first-order valence-electron chi connectivity index (χ1n) is 7.73. The van der Waals surface area contributed by atoms with Gasteiger partial charge in [0.2, 0.25) is 0 Å². The Labute approximate surface area is 151 Å². The normalized spacial score (nSPS) is 25.0. The highest BCUT2D eigenvalue weighted by Gasteiger charge is 2.40. The van der Waals surface area contributed by atoms with Crippen molar-refractivity contribution in [3.8, 4) is 0 Å². The lowest BCUT2D eigenvalue weighted by Gasteiger charge is -2.38. The summed E-state index contributed by atoms with van der Waals surface area (Å²) in [6, 6.07) is 10.6.